The van der Waals surface area contributed by atoms with Crippen LogP contribution in [0, 0.1) is 0 Å². The van der Waals surface area contributed by atoms with Gasteiger partial charge < -0.3 is 10.5 Å². The third-order valence-corrected chi connectivity index (χ3v) is 5.27. The van der Waals surface area contributed by atoms with Crippen molar-refractivity contribution in [1.82, 2.24) is 0 Å². The number of ether oxygens (including phenoxy) is 1. The van der Waals surface area contributed by atoms with E-state index >= 15 is 0 Å². The third-order valence-electron chi connectivity index (χ3n) is 3.15. The lowest BCUT2D eigenvalue weighted by Gasteiger charge is -2.18. The van der Waals surface area contributed by atoms with Crippen LogP contribution in [0.3, 0.4) is 0 Å². The van der Waals surface area contributed by atoms with Crippen molar-refractivity contribution in [3.63, 3.8) is 0 Å². The predicted molar refractivity (Wildman–Crippen MR) is 78.4 cm³/mol. The zero-order valence-corrected chi connectivity index (χ0v) is 12.0. The number of nitrogens with two attached hydrogens (primary N) is 1. The van der Waals surface area contributed by atoms with E-state index in [1.807, 2.05) is 0 Å². The van der Waals surface area contributed by atoms with Gasteiger partial charge in [-0.1, -0.05) is 36.4 Å². The van der Waals surface area contributed by atoms with Crippen molar-refractivity contribution in [2.75, 3.05) is 13.7 Å². The summed E-state index contributed by atoms with van der Waals surface area (Å²) in [5, 5.41) is -0.818. The summed E-state index contributed by atoms with van der Waals surface area (Å²) < 4.78 is 30.6. The van der Waals surface area contributed by atoms with Crippen LogP contribution in [0.2, 0.25) is 0 Å². The first-order valence-corrected chi connectivity index (χ1v) is 7.78. The van der Waals surface area contributed by atoms with Gasteiger partial charge >= 0.3 is 0 Å². The van der Waals surface area contributed by atoms with Crippen LogP contribution in [0.15, 0.2) is 59.5 Å². The quantitative estimate of drug-likeness (QED) is 0.916. The highest BCUT2D eigenvalue weighted by Crippen LogP contribution is 2.33. The van der Waals surface area contributed by atoms with Gasteiger partial charge in [0.05, 0.1) is 12.0 Å². The van der Waals surface area contributed by atoms with E-state index in [9.17, 15) is 8.42 Å². The zero-order valence-electron chi connectivity index (χ0n) is 11.2. The maximum absolute atomic E-state index is 12.7. The van der Waals surface area contributed by atoms with Gasteiger partial charge in [0.15, 0.2) is 9.84 Å². The van der Waals surface area contributed by atoms with Gasteiger partial charge in [-0.25, -0.2) is 8.42 Å². The Hall–Kier alpha value is -1.85. The van der Waals surface area contributed by atoms with Gasteiger partial charge in [0.1, 0.15) is 11.0 Å². The molecule has 0 aromatic heterocycles. The molecule has 1 unspecified atom stereocenters. The summed E-state index contributed by atoms with van der Waals surface area (Å²) in [5.41, 5.74) is 6.30. The fourth-order valence-electron chi connectivity index (χ4n) is 2.13. The van der Waals surface area contributed by atoms with Crippen LogP contribution in [0.25, 0.3) is 0 Å². The average Bonchev–Trinajstić information content (AvgIpc) is 2.49. The van der Waals surface area contributed by atoms with Crippen molar-refractivity contribution >= 4 is 9.84 Å². The fraction of sp³-hybridized carbons (Fsp3) is 0.200. The first kappa shape index (κ1) is 14.6. The largest absolute Gasteiger partial charge is 0.496 e. The zero-order chi connectivity index (χ0) is 14.6. The van der Waals surface area contributed by atoms with E-state index in [0.717, 1.165) is 0 Å². The minimum Gasteiger partial charge on any atom is -0.496 e. The predicted octanol–water partition coefficient (Wildman–Crippen LogP) is 2.17. The molecule has 2 rings (SSSR count). The van der Waals surface area contributed by atoms with Gasteiger partial charge in [-0.3, -0.25) is 0 Å². The van der Waals surface area contributed by atoms with Gasteiger partial charge in [0.2, 0.25) is 0 Å². The van der Waals surface area contributed by atoms with E-state index in [1.165, 1.54) is 7.11 Å². The smallest absolute Gasteiger partial charge is 0.186 e. The van der Waals surface area contributed by atoms with Gasteiger partial charge in [-0.05, 0) is 18.2 Å². The molecule has 0 amide bonds. The van der Waals surface area contributed by atoms with Crippen LogP contribution in [-0.2, 0) is 9.84 Å². The summed E-state index contributed by atoms with van der Waals surface area (Å²) in [5.74, 6) is 0.530. The number of hydrogen-bond acceptors (Lipinski definition) is 4. The lowest BCUT2D eigenvalue weighted by Crippen LogP contribution is -2.22. The summed E-state index contributed by atoms with van der Waals surface area (Å²) >= 11 is 0. The van der Waals surface area contributed by atoms with E-state index in [4.69, 9.17) is 10.5 Å². The Morgan fingerprint density at radius 3 is 2.25 bits per heavy atom. The van der Waals surface area contributed by atoms with Crippen LogP contribution >= 0.6 is 0 Å². The highest BCUT2D eigenvalue weighted by Gasteiger charge is 2.29. The molecule has 0 saturated heterocycles. The van der Waals surface area contributed by atoms with Gasteiger partial charge in [-0.2, -0.15) is 0 Å². The molecule has 0 bridgehead atoms. The van der Waals surface area contributed by atoms with Crippen LogP contribution in [0.5, 0.6) is 5.75 Å². The Bertz CT molecular complexity index is 669. The molecule has 0 spiro atoms. The number of para-hydroxylation sites is 1. The van der Waals surface area contributed by atoms with Crippen molar-refractivity contribution in [2.24, 2.45) is 5.73 Å². The highest BCUT2D eigenvalue weighted by atomic mass is 32.2. The molecule has 0 radical (unpaired) electrons. The minimum absolute atomic E-state index is 0.00238. The molecule has 0 aliphatic heterocycles. The molecule has 4 nitrogen and oxygen atoms in total. The molecule has 0 heterocycles. The monoisotopic (exact) mass is 291 g/mol. The molecular formula is C15H17NO3S. The molecule has 20 heavy (non-hydrogen) atoms. The maximum Gasteiger partial charge on any atom is 0.186 e. The molecule has 2 N–H and O–H groups in total. The second-order valence-electron chi connectivity index (χ2n) is 4.32. The number of hydrogen-bond donors (Lipinski definition) is 1. The Balaban J connectivity index is 2.53. The lowest BCUT2D eigenvalue weighted by atomic mass is 10.1. The summed E-state index contributed by atoms with van der Waals surface area (Å²) in [6, 6.07) is 15.4. The Kier molecular flexibility index (Phi) is 4.42. The fourth-order valence-corrected chi connectivity index (χ4v) is 3.78. The highest BCUT2D eigenvalue weighted by molar-refractivity contribution is 7.91. The molecular weight excluding hydrogens is 274 g/mol. The van der Waals surface area contributed by atoms with E-state index < -0.39 is 15.1 Å². The van der Waals surface area contributed by atoms with E-state index in [-0.39, 0.29) is 11.4 Å². The number of benzene rings is 2. The normalized spacial score (nSPS) is 12.9. The third kappa shape index (κ3) is 2.69. The summed E-state index contributed by atoms with van der Waals surface area (Å²) in [4.78, 5) is 0.265. The lowest BCUT2D eigenvalue weighted by molar-refractivity contribution is 0.408. The molecule has 0 saturated carbocycles. The van der Waals surface area contributed by atoms with Gasteiger partial charge in [0, 0.05) is 12.1 Å². The summed E-state index contributed by atoms with van der Waals surface area (Å²) in [7, 11) is -2.03. The van der Waals surface area contributed by atoms with Crippen molar-refractivity contribution in [2.45, 2.75) is 10.1 Å². The second-order valence-corrected chi connectivity index (χ2v) is 6.45. The standard InChI is InChI=1S/C15H17NO3S/c1-19-14-10-6-5-9-13(14)15(11-16)20(17,18)12-7-3-2-4-8-12/h2-10,15H,11,16H2,1H3. The summed E-state index contributed by atoms with van der Waals surface area (Å²) in [6.07, 6.45) is 0. The van der Waals surface area contributed by atoms with Crippen LogP contribution in [-0.4, -0.2) is 22.1 Å². The first-order chi connectivity index (χ1) is 9.61. The topological polar surface area (TPSA) is 69.4 Å². The minimum atomic E-state index is -3.54. The average molecular weight is 291 g/mol. The van der Waals surface area contributed by atoms with Crippen molar-refractivity contribution < 1.29 is 13.2 Å². The Morgan fingerprint density at radius 1 is 1.05 bits per heavy atom. The molecule has 1 atom stereocenters. The molecule has 0 aliphatic rings. The summed E-state index contributed by atoms with van der Waals surface area (Å²) in [6.45, 7) is -0.00238. The van der Waals surface area contributed by atoms with Gasteiger partial charge in [0.25, 0.3) is 0 Å². The first-order valence-electron chi connectivity index (χ1n) is 6.23. The van der Waals surface area contributed by atoms with Crippen LogP contribution in [0.1, 0.15) is 10.8 Å². The van der Waals surface area contributed by atoms with Crippen LogP contribution in [0.4, 0.5) is 0 Å². The maximum atomic E-state index is 12.7. The number of sulfone groups is 1. The second kappa shape index (κ2) is 6.07. The Labute approximate surface area is 119 Å². The van der Waals surface area contributed by atoms with Crippen LogP contribution < -0.4 is 10.5 Å². The Morgan fingerprint density at radius 2 is 1.65 bits per heavy atom. The molecule has 2 aromatic rings. The molecule has 0 fully saturated rings. The SMILES string of the molecule is COc1ccccc1C(CN)S(=O)(=O)c1ccccc1. The van der Waals surface area contributed by atoms with Crippen molar-refractivity contribution in [1.29, 1.82) is 0 Å². The van der Waals surface area contributed by atoms with Crippen molar-refractivity contribution in [3.8, 4) is 5.75 Å². The van der Waals surface area contributed by atoms with Crippen molar-refractivity contribution in [3.05, 3.63) is 60.2 Å². The van der Waals surface area contributed by atoms with Gasteiger partial charge in [-0.15, -0.1) is 0 Å². The molecule has 106 valence electrons. The van der Waals surface area contributed by atoms with E-state index in [2.05, 4.69) is 0 Å². The molecule has 0 aliphatic carbocycles. The van der Waals surface area contributed by atoms with E-state index in [1.54, 1.807) is 54.6 Å². The number of rotatable bonds is 5. The number of methoxy groups -OCH3 is 1. The van der Waals surface area contributed by atoms with E-state index in [0.29, 0.717) is 11.3 Å². The molecule has 5 heteroatoms. The molecule has 2 aromatic carbocycles.